The SMILES string of the molecule is CC/C=C\C/C=C\C/C=C\C/C=C\CCCCC(=O)OC(COCCCCCCCC/C=C\C/C=C\CCC)COC1OC(COC2OC(CO)C(O)C(O)C2O)C(O)C(O)C1O. The van der Waals surface area contributed by atoms with Gasteiger partial charge < -0.3 is 64.2 Å². The first kappa shape index (κ1) is 56.6. The van der Waals surface area contributed by atoms with Gasteiger partial charge in [-0.2, -0.15) is 0 Å². The molecule has 2 fully saturated rings. The van der Waals surface area contributed by atoms with Gasteiger partial charge in [-0.05, 0) is 77.0 Å². The second-order valence-electron chi connectivity index (χ2n) is 16.2. The van der Waals surface area contributed by atoms with Crippen LogP contribution in [0.4, 0.5) is 0 Å². The zero-order valence-electron chi connectivity index (χ0n) is 38.0. The molecular weight excluding hydrogens is 813 g/mol. The van der Waals surface area contributed by atoms with Crippen molar-refractivity contribution in [3.63, 3.8) is 0 Å². The third-order valence-electron chi connectivity index (χ3n) is 10.7. The summed E-state index contributed by atoms with van der Waals surface area (Å²) in [7, 11) is 0. The molecule has 0 aromatic carbocycles. The maximum atomic E-state index is 12.9. The van der Waals surface area contributed by atoms with E-state index in [1.54, 1.807) is 0 Å². The summed E-state index contributed by atoms with van der Waals surface area (Å²) in [6.45, 7) is 3.39. The zero-order chi connectivity index (χ0) is 45.9. The Labute approximate surface area is 377 Å². The Kier molecular flexibility index (Phi) is 32.9. The minimum Gasteiger partial charge on any atom is -0.457 e. The Morgan fingerprint density at radius 3 is 1.62 bits per heavy atom. The Morgan fingerprint density at radius 1 is 0.540 bits per heavy atom. The largest absolute Gasteiger partial charge is 0.457 e. The summed E-state index contributed by atoms with van der Waals surface area (Å²) in [6.07, 6.45) is 26.9. The van der Waals surface area contributed by atoms with Gasteiger partial charge in [0.15, 0.2) is 12.6 Å². The molecule has 2 aliphatic heterocycles. The average molecular weight is 895 g/mol. The predicted molar refractivity (Wildman–Crippen MR) is 242 cm³/mol. The summed E-state index contributed by atoms with van der Waals surface area (Å²) >= 11 is 0. The lowest BCUT2D eigenvalue weighted by molar-refractivity contribution is -0.332. The number of carbonyl (C=O) groups excluding carboxylic acids is 1. The van der Waals surface area contributed by atoms with Crippen LogP contribution in [0.3, 0.4) is 0 Å². The molecule has 0 amide bonds. The molecule has 14 nitrogen and oxygen atoms in total. The number of carbonyl (C=O) groups is 1. The highest BCUT2D eigenvalue weighted by molar-refractivity contribution is 5.69. The lowest BCUT2D eigenvalue weighted by Crippen LogP contribution is -2.61. The van der Waals surface area contributed by atoms with E-state index >= 15 is 0 Å². The van der Waals surface area contributed by atoms with Crippen molar-refractivity contribution in [1.82, 2.24) is 0 Å². The summed E-state index contributed by atoms with van der Waals surface area (Å²) in [4.78, 5) is 12.9. The molecule has 2 heterocycles. The van der Waals surface area contributed by atoms with Crippen LogP contribution in [-0.2, 0) is 33.2 Å². The molecule has 63 heavy (non-hydrogen) atoms. The third kappa shape index (κ3) is 25.1. The molecule has 7 N–H and O–H groups in total. The summed E-state index contributed by atoms with van der Waals surface area (Å²) in [5.41, 5.74) is 0. The fourth-order valence-corrected chi connectivity index (χ4v) is 6.84. The molecule has 0 radical (unpaired) electrons. The fraction of sp³-hybridized carbons (Fsp3) is 0.735. The van der Waals surface area contributed by atoms with Crippen molar-refractivity contribution in [2.45, 2.75) is 197 Å². The molecule has 0 saturated carbocycles. The van der Waals surface area contributed by atoms with E-state index in [0.29, 0.717) is 13.0 Å². The van der Waals surface area contributed by atoms with Crippen molar-refractivity contribution >= 4 is 5.97 Å². The normalized spacial score (nSPS) is 27.6. The van der Waals surface area contributed by atoms with Gasteiger partial charge >= 0.3 is 5.97 Å². The summed E-state index contributed by atoms with van der Waals surface area (Å²) in [5.74, 6) is -0.425. The van der Waals surface area contributed by atoms with Gasteiger partial charge in [-0.3, -0.25) is 4.79 Å². The van der Waals surface area contributed by atoms with Crippen LogP contribution in [0.1, 0.15) is 129 Å². The van der Waals surface area contributed by atoms with Gasteiger partial charge in [0.2, 0.25) is 0 Å². The molecular formula is C49H82O14. The molecule has 11 unspecified atom stereocenters. The van der Waals surface area contributed by atoms with Gasteiger partial charge in [0.25, 0.3) is 0 Å². The van der Waals surface area contributed by atoms with E-state index in [9.17, 15) is 40.5 Å². The molecule has 2 rings (SSSR count). The minimum atomic E-state index is -1.72. The van der Waals surface area contributed by atoms with E-state index in [2.05, 4.69) is 86.8 Å². The van der Waals surface area contributed by atoms with Gasteiger partial charge in [0.05, 0.1) is 26.4 Å². The maximum Gasteiger partial charge on any atom is 0.306 e. The number of aliphatic hydroxyl groups excluding tert-OH is 7. The number of esters is 1. The Bertz CT molecular complexity index is 1310. The molecule has 2 aliphatic rings. The van der Waals surface area contributed by atoms with Crippen molar-refractivity contribution in [2.75, 3.05) is 33.0 Å². The van der Waals surface area contributed by atoms with Crippen molar-refractivity contribution in [3.8, 4) is 0 Å². The van der Waals surface area contributed by atoms with Gasteiger partial charge in [-0.15, -0.1) is 0 Å². The second-order valence-corrected chi connectivity index (χ2v) is 16.2. The van der Waals surface area contributed by atoms with Crippen LogP contribution in [0.5, 0.6) is 0 Å². The quantitative estimate of drug-likeness (QED) is 0.0223. The van der Waals surface area contributed by atoms with Crippen LogP contribution in [0.2, 0.25) is 0 Å². The Balaban J connectivity index is 1.83. The third-order valence-corrected chi connectivity index (χ3v) is 10.7. The standard InChI is InChI=1S/C49H82O14/c1-3-5-7-9-11-13-15-17-19-20-22-24-26-28-30-32-41(51)61-38(35-58-33-31-29-27-25-23-21-18-16-14-12-10-8-6-4-2)36-59-48-47(57)45(55)43(53)40(63-48)37-60-49-46(56)44(54)42(52)39(34-50)62-49/h5,7-8,10-11,13-14,16-17,19,22,24,38-40,42-50,52-57H,3-4,6,9,12,15,18,20-21,23,25-37H2,1-2H3/b7-5-,10-8-,13-11-,16-14-,19-17-,24-22-. The van der Waals surface area contributed by atoms with Gasteiger partial charge in [0.1, 0.15) is 54.9 Å². The van der Waals surface area contributed by atoms with Crippen LogP contribution in [-0.4, -0.2) is 142 Å². The monoisotopic (exact) mass is 895 g/mol. The second kappa shape index (κ2) is 36.6. The number of allylic oxidation sites excluding steroid dienone is 12. The Hall–Kier alpha value is -2.57. The smallest absolute Gasteiger partial charge is 0.306 e. The number of rotatable bonds is 35. The first-order valence-corrected chi connectivity index (χ1v) is 23.5. The van der Waals surface area contributed by atoms with Crippen LogP contribution in [0, 0.1) is 0 Å². The summed E-state index contributed by atoms with van der Waals surface area (Å²) < 4.78 is 34.1. The number of unbranched alkanes of at least 4 members (excludes halogenated alkanes) is 9. The molecule has 0 aromatic rings. The van der Waals surface area contributed by atoms with Crippen molar-refractivity contribution < 1.29 is 69.0 Å². The van der Waals surface area contributed by atoms with Crippen LogP contribution in [0.25, 0.3) is 0 Å². The highest BCUT2D eigenvalue weighted by Gasteiger charge is 2.47. The highest BCUT2D eigenvalue weighted by Crippen LogP contribution is 2.26. The van der Waals surface area contributed by atoms with Crippen molar-refractivity contribution in [1.29, 1.82) is 0 Å². The fourth-order valence-electron chi connectivity index (χ4n) is 6.84. The van der Waals surface area contributed by atoms with E-state index in [-0.39, 0.29) is 19.6 Å². The topological polar surface area (TPSA) is 214 Å². The number of hydrogen-bond acceptors (Lipinski definition) is 14. The van der Waals surface area contributed by atoms with Crippen LogP contribution in [0.15, 0.2) is 72.9 Å². The molecule has 2 saturated heterocycles. The van der Waals surface area contributed by atoms with Crippen molar-refractivity contribution in [3.05, 3.63) is 72.9 Å². The molecule has 362 valence electrons. The minimum absolute atomic E-state index is 0.0330. The van der Waals surface area contributed by atoms with E-state index in [0.717, 1.165) is 83.5 Å². The highest BCUT2D eigenvalue weighted by atomic mass is 16.7. The average Bonchev–Trinajstić information content (AvgIpc) is 3.28. The van der Waals surface area contributed by atoms with E-state index in [1.165, 1.54) is 19.3 Å². The van der Waals surface area contributed by atoms with Gasteiger partial charge in [0, 0.05) is 13.0 Å². The number of aliphatic hydroxyl groups is 7. The van der Waals surface area contributed by atoms with Gasteiger partial charge in [-0.1, -0.05) is 119 Å². The summed E-state index contributed by atoms with van der Waals surface area (Å²) in [5, 5.41) is 72.0. The van der Waals surface area contributed by atoms with Crippen LogP contribution < -0.4 is 0 Å². The molecule has 14 heteroatoms. The van der Waals surface area contributed by atoms with E-state index in [1.807, 2.05) is 0 Å². The molecule has 0 spiro atoms. The first-order valence-electron chi connectivity index (χ1n) is 23.5. The van der Waals surface area contributed by atoms with Crippen LogP contribution >= 0.6 is 0 Å². The van der Waals surface area contributed by atoms with E-state index < -0.39 is 86.7 Å². The summed E-state index contributed by atoms with van der Waals surface area (Å²) in [6, 6.07) is 0. The number of hydrogen-bond donors (Lipinski definition) is 7. The Morgan fingerprint density at radius 2 is 1.03 bits per heavy atom. The number of ether oxygens (including phenoxy) is 6. The van der Waals surface area contributed by atoms with E-state index in [4.69, 9.17) is 28.4 Å². The first-order chi connectivity index (χ1) is 30.6. The predicted octanol–water partition coefficient (Wildman–Crippen LogP) is 5.95. The maximum absolute atomic E-state index is 12.9. The molecule has 0 bridgehead atoms. The molecule has 0 aromatic heterocycles. The molecule has 0 aliphatic carbocycles. The van der Waals surface area contributed by atoms with Crippen molar-refractivity contribution in [2.24, 2.45) is 0 Å². The zero-order valence-corrected chi connectivity index (χ0v) is 38.0. The van der Waals surface area contributed by atoms with Gasteiger partial charge in [-0.25, -0.2) is 0 Å². The molecule has 11 atom stereocenters. The lowest BCUT2D eigenvalue weighted by Gasteiger charge is -2.42. The lowest BCUT2D eigenvalue weighted by atomic mass is 9.98.